The van der Waals surface area contributed by atoms with Crippen LogP contribution < -0.4 is 0 Å². The molecule has 138 valence electrons. The third-order valence-corrected chi connectivity index (χ3v) is 4.35. The number of carbonyl (C=O) groups is 2. The van der Waals surface area contributed by atoms with Gasteiger partial charge in [0.15, 0.2) is 6.10 Å². The minimum absolute atomic E-state index is 0.0408. The van der Waals surface area contributed by atoms with Crippen molar-refractivity contribution in [2.75, 3.05) is 7.05 Å². The smallest absolute Gasteiger partial charge is 0.342 e. The van der Waals surface area contributed by atoms with Gasteiger partial charge in [-0.1, -0.05) is 54.6 Å². The van der Waals surface area contributed by atoms with Crippen LogP contribution in [0.1, 0.15) is 22.8 Å². The number of fused-ring (bicyclic) bond motifs is 1. The number of aromatic hydroxyl groups is 1. The van der Waals surface area contributed by atoms with Gasteiger partial charge < -0.3 is 14.7 Å². The van der Waals surface area contributed by atoms with Gasteiger partial charge in [-0.05, 0) is 35.4 Å². The Morgan fingerprint density at radius 2 is 1.59 bits per heavy atom. The molecule has 0 unspecified atom stereocenters. The van der Waals surface area contributed by atoms with Gasteiger partial charge in [0.2, 0.25) is 0 Å². The molecule has 0 aromatic heterocycles. The first-order chi connectivity index (χ1) is 13.0. The van der Waals surface area contributed by atoms with Crippen molar-refractivity contribution in [1.82, 2.24) is 4.90 Å². The van der Waals surface area contributed by atoms with Crippen LogP contribution in [0.3, 0.4) is 0 Å². The average molecular weight is 363 g/mol. The van der Waals surface area contributed by atoms with Crippen LogP contribution in [0.15, 0.2) is 66.7 Å². The van der Waals surface area contributed by atoms with E-state index in [-0.39, 0.29) is 17.2 Å². The molecule has 0 aliphatic carbocycles. The van der Waals surface area contributed by atoms with E-state index in [0.29, 0.717) is 6.54 Å². The number of hydrogen-bond donors (Lipinski definition) is 1. The van der Waals surface area contributed by atoms with E-state index in [1.807, 2.05) is 54.6 Å². The number of nitrogens with zero attached hydrogens (tertiary/aromatic N) is 1. The second kappa shape index (κ2) is 7.91. The number of carbonyl (C=O) groups excluding carboxylic acids is 2. The number of esters is 1. The number of ether oxygens (including phenoxy) is 1. The Morgan fingerprint density at radius 3 is 2.26 bits per heavy atom. The molecule has 3 aromatic carbocycles. The summed E-state index contributed by atoms with van der Waals surface area (Å²) in [5.41, 5.74) is 1.03. The summed E-state index contributed by atoms with van der Waals surface area (Å²) in [5, 5.41) is 11.8. The molecular formula is C22H21NO4. The first kappa shape index (κ1) is 18.5. The maximum Gasteiger partial charge on any atom is 0.342 e. The van der Waals surface area contributed by atoms with Crippen molar-refractivity contribution in [3.8, 4) is 5.75 Å². The number of hydrogen-bond acceptors (Lipinski definition) is 4. The van der Waals surface area contributed by atoms with Crippen LogP contribution in [-0.4, -0.2) is 35.0 Å². The van der Waals surface area contributed by atoms with Crippen molar-refractivity contribution in [1.29, 1.82) is 0 Å². The highest BCUT2D eigenvalue weighted by Gasteiger charge is 2.24. The van der Waals surface area contributed by atoms with E-state index in [9.17, 15) is 14.7 Å². The Labute approximate surface area is 157 Å². The van der Waals surface area contributed by atoms with Crippen LogP contribution in [0.2, 0.25) is 0 Å². The Morgan fingerprint density at radius 1 is 1.00 bits per heavy atom. The number of rotatable bonds is 5. The van der Waals surface area contributed by atoms with Crippen LogP contribution in [-0.2, 0) is 16.1 Å². The maximum absolute atomic E-state index is 12.5. The molecule has 0 saturated carbocycles. The molecule has 5 nitrogen and oxygen atoms in total. The third kappa shape index (κ3) is 4.26. The SMILES string of the molecule is C[C@@H](OC(=O)c1cc2ccccc2cc1O)C(=O)N(C)Cc1ccccc1. The number of amides is 1. The van der Waals surface area contributed by atoms with Crippen molar-refractivity contribution in [3.63, 3.8) is 0 Å². The molecular weight excluding hydrogens is 342 g/mol. The molecule has 1 atom stereocenters. The Bertz CT molecular complexity index is 968. The summed E-state index contributed by atoms with van der Waals surface area (Å²) in [5.74, 6) is -1.21. The summed E-state index contributed by atoms with van der Waals surface area (Å²) < 4.78 is 5.30. The quantitative estimate of drug-likeness (QED) is 0.701. The fraction of sp³-hybridized carbons (Fsp3) is 0.182. The maximum atomic E-state index is 12.5. The van der Waals surface area contributed by atoms with Crippen molar-refractivity contribution >= 4 is 22.6 Å². The first-order valence-corrected chi connectivity index (χ1v) is 8.67. The zero-order valence-electron chi connectivity index (χ0n) is 15.3. The second-order valence-corrected chi connectivity index (χ2v) is 6.44. The number of phenols is 1. The summed E-state index contributed by atoms with van der Waals surface area (Å²) in [7, 11) is 1.66. The molecule has 3 rings (SSSR count). The largest absolute Gasteiger partial charge is 0.507 e. The molecule has 3 aromatic rings. The Kier molecular flexibility index (Phi) is 5.41. The number of phenolic OH excluding ortho intramolecular Hbond substituents is 1. The normalized spacial score (nSPS) is 11.8. The lowest BCUT2D eigenvalue weighted by Gasteiger charge is -2.21. The van der Waals surface area contributed by atoms with Crippen molar-refractivity contribution < 1.29 is 19.4 Å². The Hall–Kier alpha value is -3.34. The van der Waals surface area contributed by atoms with Crippen LogP contribution in [0.4, 0.5) is 0 Å². The third-order valence-electron chi connectivity index (χ3n) is 4.35. The van der Waals surface area contributed by atoms with Gasteiger partial charge in [0, 0.05) is 13.6 Å². The first-order valence-electron chi connectivity index (χ1n) is 8.67. The second-order valence-electron chi connectivity index (χ2n) is 6.44. The van der Waals surface area contributed by atoms with E-state index >= 15 is 0 Å². The zero-order chi connectivity index (χ0) is 19.4. The van der Waals surface area contributed by atoms with Gasteiger partial charge in [-0.3, -0.25) is 4.79 Å². The van der Waals surface area contributed by atoms with Gasteiger partial charge in [-0.25, -0.2) is 4.79 Å². The van der Waals surface area contributed by atoms with E-state index in [2.05, 4.69) is 0 Å². The minimum Gasteiger partial charge on any atom is -0.507 e. The van der Waals surface area contributed by atoms with E-state index in [0.717, 1.165) is 16.3 Å². The summed E-state index contributed by atoms with van der Waals surface area (Å²) in [6.45, 7) is 1.95. The molecule has 0 bridgehead atoms. The van der Waals surface area contributed by atoms with Crippen molar-refractivity contribution in [2.45, 2.75) is 19.6 Å². The highest BCUT2D eigenvalue weighted by molar-refractivity contribution is 5.99. The summed E-state index contributed by atoms with van der Waals surface area (Å²) >= 11 is 0. The predicted molar refractivity (Wildman–Crippen MR) is 103 cm³/mol. The Balaban J connectivity index is 1.69. The average Bonchev–Trinajstić information content (AvgIpc) is 2.67. The fourth-order valence-electron chi connectivity index (χ4n) is 2.91. The van der Waals surface area contributed by atoms with Gasteiger partial charge in [0.05, 0.1) is 0 Å². The highest BCUT2D eigenvalue weighted by Crippen LogP contribution is 2.26. The van der Waals surface area contributed by atoms with Gasteiger partial charge in [0.25, 0.3) is 5.91 Å². The summed E-state index contributed by atoms with van der Waals surface area (Å²) in [4.78, 5) is 26.5. The number of benzene rings is 3. The van der Waals surface area contributed by atoms with Crippen molar-refractivity contribution in [2.24, 2.45) is 0 Å². The highest BCUT2D eigenvalue weighted by atomic mass is 16.5. The molecule has 0 spiro atoms. The lowest BCUT2D eigenvalue weighted by Crippen LogP contribution is -2.37. The van der Waals surface area contributed by atoms with Crippen LogP contribution in [0.5, 0.6) is 5.75 Å². The van der Waals surface area contributed by atoms with Crippen LogP contribution in [0, 0.1) is 0 Å². The predicted octanol–water partition coefficient (Wildman–Crippen LogP) is 3.75. The van der Waals surface area contributed by atoms with E-state index in [4.69, 9.17) is 4.74 Å². The molecule has 1 amide bonds. The van der Waals surface area contributed by atoms with Crippen LogP contribution >= 0.6 is 0 Å². The van der Waals surface area contributed by atoms with Crippen molar-refractivity contribution in [3.05, 3.63) is 77.9 Å². The molecule has 0 saturated heterocycles. The van der Waals surface area contributed by atoms with E-state index in [1.165, 1.54) is 17.9 Å². The molecule has 0 fully saturated rings. The van der Waals surface area contributed by atoms with Gasteiger partial charge in [-0.2, -0.15) is 0 Å². The molecule has 5 heteroatoms. The molecule has 0 radical (unpaired) electrons. The lowest BCUT2D eigenvalue weighted by atomic mass is 10.1. The molecule has 0 aliphatic rings. The monoisotopic (exact) mass is 363 g/mol. The van der Waals surface area contributed by atoms with Crippen LogP contribution in [0.25, 0.3) is 10.8 Å². The summed E-state index contributed by atoms with van der Waals surface area (Å²) in [6, 6.07) is 20.0. The standard InChI is InChI=1S/C22H21NO4/c1-15(21(25)23(2)14-16-8-4-3-5-9-16)27-22(26)19-12-17-10-6-7-11-18(17)13-20(19)24/h3-13,15,24H,14H2,1-2H3/t15-/m1/s1. The topological polar surface area (TPSA) is 66.8 Å². The summed E-state index contributed by atoms with van der Waals surface area (Å²) in [6.07, 6.45) is -0.961. The van der Waals surface area contributed by atoms with E-state index in [1.54, 1.807) is 13.1 Å². The van der Waals surface area contributed by atoms with Gasteiger partial charge in [-0.15, -0.1) is 0 Å². The molecule has 0 heterocycles. The molecule has 27 heavy (non-hydrogen) atoms. The number of likely N-dealkylation sites (N-methyl/N-ethyl adjacent to an activating group) is 1. The zero-order valence-corrected chi connectivity index (χ0v) is 15.3. The molecule has 1 N–H and O–H groups in total. The fourth-order valence-corrected chi connectivity index (χ4v) is 2.91. The van der Waals surface area contributed by atoms with Gasteiger partial charge >= 0.3 is 5.97 Å². The van der Waals surface area contributed by atoms with Gasteiger partial charge in [0.1, 0.15) is 11.3 Å². The lowest BCUT2D eigenvalue weighted by molar-refractivity contribution is -0.139. The molecule has 0 aliphatic heterocycles. The minimum atomic E-state index is -0.961. The van der Waals surface area contributed by atoms with E-state index < -0.39 is 12.1 Å².